The number of amides is 3. The second-order valence-electron chi connectivity index (χ2n) is 10.2. The van der Waals surface area contributed by atoms with E-state index in [1.54, 1.807) is 12.1 Å². The minimum atomic E-state index is -0.477. The lowest BCUT2D eigenvalue weighted by molar-refractivity contribution is -0.124. The fourth-order valence-corrected chi connectivity index (χ4v) is 5.39. The number of benzene rings is 2. The highest BCUT2D eigenvalue weighted by atomic mass is 16.5. The first-order valence-electron chi connectivity index (χ1n) is 14.2. The lowest BCUT2D eigenvalue weighted by Crippen LogP contribution is -2.51. The first kappa shape index (κ1) is 27.1. The molecule has 37 heavy (non-hydrogen) atoms. The van der Waals surface area contributed by atoms with E-state index in [1.165, 1.54) is 51.4 Å². The van der Waals surface area contributed by atoms with Gasteiger partial charge in [-0.15, -0.1) is 0 Å². The van der Waals surface area contributed by atoms with Crippen LogP contribution in [0, 0.1) is 0 Å². The van der Waals surface area contributed by atoms with Gasteiger partial charge in [0, 0.05) is 36.0 Å². The van der Waals surface area contributed by atoms with Gasteiger partial charge in [-0.2, -0.15) is 5.01 Å². The molecule has 0 radical (unpaired) electrons. The topological polar surface area (TPSA) is 79.0 Å². The lowest BCUT2D eigenvalue weighted by atomic mass is 9.93. The third-order valence-electron chi connectivity index (χ3n) is 7.48. The summed E-state index contributed by atoms with van der Waals surface area (Å²) in [6, 6.07) is 9.23. The smallest absolute Gasteiger partial charge is 0.280 e. The van der Waals surface area contributed by atoms with Crippen molar-refractivity contribution >= 4 is 34.2 Å². The highest BCUT2D eigenvalue weighted by Crippen LogP contribution is 2.35. The number of carbonyl (C=O) groups is 3. The van der Waals surface area contributed by atoms with Crippen LogP contribution in [-0.4, -0.2) is 49.0 Å². The molecule has 4 rings (SSSR count). The minimum absolute atomic E-state index is 0.293. The van der Waals surface area contributed by atoms with Gasteiger partial charge in [0.15, 0.2) is 0 Å². The molecule has 0 saturated carbocycles. The maximum Gasteiger partial charge on any atom is 0.280 e. The summed E-state index contributed by atoms with van der Waals surface area (Å²) in [5.74, 6) is -1.25. The van der Waals surface area contributed by atoms with E-state index in [1.807, 2.05) is 18.2 Å². The average molecular weight is 508 g/mol. The molecule has 2 aromatic carbocycles. The van der Waals surface area contributed by atoms with E-state index >= 15 is 0 Å². The maximum atomic E-state index is 13.3. The highest BCUT2D eigenvalue weighted by molar-refractivity contribution is 6.27. The van der Waals surface area contributed by atoms with Crippen molar-refractivity contribution in [1.29, 1.82) is 0 Å². The minimum Gasteiger partial charge on any atom is -0.378 e. The fourth-order valence-electron chi connectivity index (χ4n) is 5.39. The van der Waals surface area contributed by atoms with Gasteiger partial charge in [-0.3, -0.25) is 19.8 Å². The van der Waals surface area contributed by atoms with E-state index in [0.717, 1.165) is 48.4 Å². The van der Waals surface area contributed by atoms with Gasteiger partial charge in [0.05, 0.1) is 24.3 Å². The lowest BCUT2D eigenvalue weighted by Gasteiger charge is -2.32. The summed E-state index contributed by atoms with van der Waals surface area (Å²) in [7, 11) is 0. The largest absolute Gasteiger partial charge is 0.378 e. The summed E-state index contributed by atoms with van der Waals surface area (Å²) in [5.41, 5.74) is 4.47. The summed E-state index contributed by atoms with van der Waals surface area (Å²) >= 11 is 0. The number of hydrogen-bond donors (Lipinski definition) is 1. The number of imide groups is 1. The molecular weight excluding hydrogens is 466 g/mol. The number of ether oxygens (including phenoxy) is 1. The van der Waals surface area contributed by atoms with E-state index in [2.05, 4.69) is 17.2 Å². The molecule has 7 heteroatoms. The van der Waals surface area contributed by atoms with Crippen LogP contribution in [0.5, 0.6) is 0 Å². The molecule has 1 saturated heterocycles. The summed E-state index contributed by atoms with van der Waals surface area (Å²) in [4.78, 5) is 41.3. The number of nitrogens with one attached hydrogen (secondary N) is 1. The van der Waals surface area contributed by atoms with Crippen LogP contribution in [0.2, 0.25) is 0 Å². The molecule has 2 aliphatic rings. The van der Waals surface area contributed by atoms with Gasteiger partial charge in [-0.05, 0) is 24.6 Å². The number of carbonyl (C=O) groups excluding carboxylic acids is 3. The number of unbranched alkanes of at least 4 members (excludes halogenated alkanes) is 10. The van der Waals surface area contributed by atoms with Crippen molar-refractivity contribution in [2.75, 3.05) is 31.2 Å². The Labute approximate surface area is 220 Å². The molecule has 3 amide bonds. The number of hydrazine groups is 1. The van der Waals surface area contributed by atoms with Crippen molar-refractivity contribution in [3.05, 3.63) is 41.5 Å². The number of nitrogens with zero attached hydrogens (tertiary/aromatic N) is 2. The Kier molecular flexibility index (Phi) is 9.94. The predicted octanol–water partition coefficient (Wildman–Crippen LogP) is 6.00. The van der Waals surface area contributed by atoms with Crippen LogP contribution in [0.1, 0.15) is 105 Å². The maximum absolute atomic E-state index is 13.3. The zero-order chi connectivity index (χ0) is 26.0. The Balaban J connectivity index is 1.28. The summed E-state index contributed by atoms with van der Waals surface area (Å²) in [6.45, 7) is 5.08. The summed E-state index contributed by atoms with van der Waals surface area (Å²) in [5, 5.41) is 2.44. The van der Waals surface area contributed by atoms with Crippen LogP contribution in [-0.2, 0) is 9.53 Å². The molecule has 0 bridgehead atoms. The molecule has 0 aliphatic carbocycles. The monoisotopic (exact) mass is 507 g/mol. The van der Waals surface area contributed by atoms with Crippen LogP contribution < -0.4 is 10.3 Å². The standard InChI is InChI=1S/C30H41N3O4/c1-2-3-4-5-6-7-8-9-10-11-12-16-27(34)31-33-29(35)24-15-13-14-23-26(32-19-21-37-22-20-32)18-17-25(28(23)24)30(33)36/h13-15,17-18H,2-12,16,19-22H2,1H3,(H,31,34). The predicted molar refractivity (Wildman–Crippen MR) is 147 cm³/mol. The van der Waals surface area contributed by atoms with Crippen molar-refractivity contribution in [1.82, 2.24) is 10.4 Å². The van der Waals surface area contributed by atoms with E-state index in [-0.39, 0.29) is 5.91 Å². The Morgan fingerprint density at radius 2 is 1.41 bits per heavy atom. The molecule has 2 aliphatic heterocycles. The number of anilines is 1. The van der Waals surface area contributed by atoms with E-state index in [0.29, 0.717) is 36.1 Å². The normalized spacial score (nSPS) is 15.5. The first-order chi connectivity index (χ1) is 18.1. The second kappa shape index (κ2) is 13.6. The molecule has 7 nitrogen and oxygen atoms in total. The number of rotatable bonds is 14. The Morgan fingerprint density at radius 3 is 2.05 bits per heavy atom. The van der Waals surface area contributed by atoms with Gasteiger partial charge in [0.25, 0.3) is 11.8 Å². The zero-order valence-corrected chi connectivity index (χ0v) is 22.2. The molecule has 2 heterocycles. The Morgan fingerprint density at radius 1 is 0.811 bits per heavy atom. The molecule has 2 aromatic rings. The third kappa shape index (κ3) is 6.69. The second-order valence-corrected chi connectivity index (χ2v) is 10.2. The highest BCUT2D eigenvalue weighted by Gasteiger charge is 2.35. The van der Waals surface area contributed by atoms with E-state index < -0.39 is 11.8 Å². The van der Waals surface area contributed by atoms with Gasteiger partial charge in [0.1, 0.15) is 0 Å². The molecule has 1 N–H and O–H groups in total. The van der Waals surface area contributed by atoms with Gasteiger partial charge in [-0.25, -0.2) is 0 Å². The third-order valence-corrected chi connectivity index (χ3v) is 7.48. The van der Waals surface area contributed by atoms with Crippen molar-refractivity contribution in [2.45, 2.75) is 84.0 Å². The average Bonchev–Trinajstić information content (AvgIpc) is 2.93. The first-order valence-corrected chi connectivity index (χ1v) is 14.2. The van der Waals surface area contributed by atoms with Gasteiger partial charge >= 0.3 is 0 Å². The van der Waals surface area contributed by atoms with Crippen molar-refractivity contribution < 1.29 is 19.1 Å². The number of morpholine rings is 1. The Hall–Kier alpha value is -2.93. The molecule has 0 spiro atoms. The van der Waals surface area contributed by atoms with Gasteiger partial charge in [-0.1, -0.05) is 83.3 Å². The molecule has 0 unspecified atom stereocenters. The zero-order valence-electron chi connectivity index (χ0n) is 22.2. The van der Waals surface area contributed by atoms with Crippen molar-refractivity contribution in [3.63, 3.8) is 0 Å². The summed E-state index contributed by atoms with van der Waals surface area (Å²) in [6.07, 6.45) is 13.6. The van der Waals surface area contributed by atoms with E-state index in [4.69, 9.17) is 4.74 Å². The van der Waals surface area contributed by atoms with Crippen LogP contribution in [0.15, 0.2) is 30.3 Å². The van der Waals surface area contributed by atoms with Gasteiger partial charge < -0.3 is 9.64 Å². The molecule has 1 fully saturated rings. The van der Waals surface area contributed by atoms with Crippen molar-refractivity contribution in [2.24, 2.45) is 0 Å². The number of hydrogen-bond acceptors (Lipinski definition) is 5. The Bertz CT molecular complexity index is 1070. The molecule has 0 atom stereocenters. The fraction of sp³-hybridized carbons (Fsp3) is 0.567. The van der Waals surface area contributed by atoms with Crippen LogP contribution in [0.25, 0.3) is 10.8 Å². The van der Waals surface area contributed by atoms with E-state index in [9.17, 15) is 14.4 Å². The SMILES string of the molecule is CCCCCCCCCCCCCC(=O)NN1C(=O)c2cccc3c(N4CCOCC4)ccc(c23)C1=O. The molecule has 0 aromatic heterocycles. The summed E-state index contributed by atoms with van der Waals surface area (Å²) < 4.78 is 5.47. The van der Waals surface area contributed by atoms with Crippen LogP contribution in [0.3, 0.4) is 0 Å². The quantitative estimate of drug-likeness (QED) is 0.250. The van der Waals surface area contributed by atoms with Crippen molar-refractivity contribution in [3.8, 4) is 0 Å². The molecular formula is C30H41N3O4. The molecule has 200 valence electrons. The van der Waals surface area contributed by atoms with Gasteiger partial charge in [0.2, 0.25) is 5.91 Å². The van der Waals surface area contributed by atoms with Crippen LogP contribution in [0.4, 0.5) is 5.69 Å². The van der Waals surface area contributed by atoms with Crippen LogP contribution >= 0.6 is 0 Å².